The van der Waals surface area contributed by atoms with Gasteiger partial charge < -0.3 is 9.64 Å². The zero-order valence-corrected chi connectivity index (χ0v) is 15.0. The molecule has 1 saturated heterocycles. The number of likely N-dealkylation sites (N-methyl/N-ethyl adjacent to an activating group) is 1. The number of hydrogen-bond donors (Lipinski definition) is 0. The number of nitrogens with zero attached hydrogens (tertiary/aromatic N) is 2. The van der Waals surface area contributed by atoms with Crippen molar-refractivity contribution in [1.29, 1.82) is 0 Å². The molecule has 1 aliphatic rings. The lowest BCUT2D eigenvalue weighted by Gasteiger charge is -2.32. The molecule has 0 radical (unpaired) electrons. The number of esters is 1. The molecule has 25 heavy (non-hydrogen) atoms. The van der Waals surface area contributed by atoms with E-state index in [0.29, 0.717) is 11.6 Å². The molecule has 1 aliphatic heterocycles. The first kappa shape index (κ1) is 17.5. The predicted molar refractivity (Wildman–Crippen MR) is 101 cm³/mol. The summed E-state index contributed by atoms with van der Waals surface area (Å²) in [6, 6.07) is 18.7. The van der Waals surface area contributed by atoms with Crippen molar-refractivity contribution in [1.82, 2.24) is 4.90 Å². The summed E-state index contributed by atoms with van der Waals surface area (Å²) in [5.74, 6) is -0.298. The molecule has 4 nitrogen and oxygen atoms in total. The standard InChI is InChI=1S/C21H26N2O2/c1-22(19-12-10-18(11-13-19)21(24)25-2)16-20(23-14-6-7-15-23)17-8-4-3-5-9-17/h3-5,8-13,20H,6-7,14-16H2,1-2H3/t20-/m0/s1. The molecular formula is C21H26N2O2. The van der Waals surface area contributed by atoms with Crippen molar-refractivity contribution in [2.24, 2.45) is 0 Å². The van der Waals surface area contributed by atoms with Crippen molar-refractivity contribution in [3.8, 4) is 0 Å². The van der Waals surface area contributed by atoms with E-state index in [1.807, 2.05) is 24.3 Å². The molecule has 2 aromatic carbocycles. The van der Waals surface area contributed by atoms with Gasteiger partial charge in [-0.2, -0.15) is 0 Å². The van der Waals surface area contributed by atoms with Crippen molar-refractivity contribution in [3.05, 3.63) is 65.7 Å². The minimum absolute atomic E-state index is 0.298. The first-order valence-electron chi connectivity index (χ1n) is 8.87. The highest BCUT2D eigenvalue weighted by atomic mass is 16.5. The minimum Gasteiger partial charge on any atom is -0.465 e. The number of anilines is 1. The highest BCUT2D eigenvalue weighted by molar-refractivity contribution is 5.89. The van der Waals surface area contributed by atoms with Gasteiger partial charge in [0.2, 0.25) is 0 Å². The van der Waals surface area contributed by atoms with Crippen LogP contribution in [-0.4, -0.2) is 44.7 Å². The molecule has 1 fully saturated rings. The van der Waals surface area contributed by atoms with Gasteiger partial charge in [-0.1, -0.05) is 30.3 Å². The molecule has 3 rings (SSSR count). The molecular weight excluding hydrogens is 312 g/mol. The number of benzene rings is 2. The zero-order valence-electron chi connectivity index (χ0n) is 15.0. The highest BCUT2D eigenvalue weighted by Crippen LogP contribution is 2.27. The summed E-state index contributed by atoms with van der Waals surface area (Å²) in [6.45, 7) is 3.24. The fourth-order valence-corrected chi connectivity index (χ4v) is 3.49. The maximum Gasteiger partial charge on any atom is 0.337 e. The third kappa shape index (κ3) is 4.20. The van der Waals surface area contributed by atoms with Gasteiger partial charge in [0.1, 0.15) is 0 Å². The van der Waals surface area contributed by atoms with E-state index in [2.05, 4.69) is 47.2 Å². The van der Waals surface area contributed by atoms with Crippen LogP contribution in [0.15, 0.2) is 54.6 Å². The first-order chi connectivity index (χ1) is 12.2. The molecule has 0 unspecified atom stereocenters. The van der Waals surface area contributed by atoms with Gasteiger partial charge in [-0.25, -0.2) is 4.79 Å². The Morgan fingerprint density at radius 1 is 1.08 bits per heavy atom. The SMILES string of the molecule is COC(=O)c1ccc(N(C)C[C@@H](c2ccccc2)N2CCCC2)cc1. The third-order valence-corrected chi connectivity index (χ3v) is 4.94. The summed E-state index contributed by atoms with van der Waals surface area (Å²) in [4.78, 5) is 16.4. The largest absolute Gasteiger partial charge is 0.465 e. The Balaban J connectivity index is 1.75. The van der Waals surface area contributed by atoms with E-state index in [1.54, 1.807) is 0 Å². The Morgan fingerprint density at radius 3 is 2.32 bits per heavy atom. The van der Waals surface area contributed by atoms with E-state index in [4.69, 9.17) is 4.74 Å². The van der Waals surface area contributed by atoms with Crippen LogP contribution in [0, 0.1) is 0 Å². The van der Waals surface area contributed by atoms with E-state index in [-0.39, 0.29) is 5.97 Å². The molecule has 0 bridgehead atoms. The van der Waals surface area contributed by atoms with Crippen LogP contribution < -0.4 is 4.90 Å². The van der Waals surface area contributed by atoms with E-state index < -0.39 is 0 Å². The van der Waals surface area contributed by atoms with Crippen molar-refractivity contribution in [2.45, 2.75) is 18.9 Å². The molecule has 0 N–H and O–H groups in total. The number of hydrogen-bond acceptors (Lipinski definition) is 4. The van der Waals surface area contributed by atoms with Crippen LogP contribution in [0.4, 0.5) is 5.69 Å². The van der Waals surface area contributed by atoms with Gasteiger partial charge in [0.05, 0.1) is 18.7 Å². The lowest BCUT2D eigenvalue weighted by molar-refractivity contribution is 0.0601. The second-order valence-electron chi connectivity index (χ2n) is 6.59. The second-order valence-corrected chi connectivity index (χ2v) is 6.59. The lowest BCUT2D eigenvalue weighted by Crippen LogP contribution is -2.35. The summed E-state index contributed by atoms with van der Waals surface area (Å²) in [5, 5.41) is 0. The predicted octanol–water partition coefficient (Wildman–Crippen LogP) is 3.75. The fraction of sp³-hybridized carbons (Fsp3) is 0.381. The first-order valence-corrected chi connectivity index (χ1v) is 8.87. The Labute approximate surface area is 150 Å². The van der Waals surface area contributed by atoms with Crippen LogP contribution in [-0.2, 0) is 4.74 Å². The lowest BCUT2D eigenvalue weighted by atomic mass is 10.0. The molecule has 2 aromatic rings. The van der Waals surface area contributed by atoms with Crippen molar-refractivity contribution < 1.29 is 9.53 Å². The van der Waals surface area contributed by atoms with Gasteiger partial charge in [0.15, 0.2) is 0 Å². The van der Waals surface area contributed by atoms with Gasteiger partial charge in [0, 0.05) is 19.3 Å². The number of carbonyl (C=O) groups excluding carboxylic acids is 1. The summed E-state index contributed by atoms with van der Waals surface area (Å²) >= 11 is 0. The molecule has 0 aromatic heterocycles. The average molecular weight is 338 g/mol. The van der Waals surface area contributed by atoms with Crippen LogP contribution in [0.5, 0.6) is 0 Å². The Kier molecular flexibility index (Phi) is 5.71. The van der Waals surface area contributed by atoms with Gasteiger partial charge >= 0.3 is 5.97 Å². The molecule has 132 valence electrons. The van der Waals surface area contributed by atoms with Crippen LogP contribution in [0.1, 0.15) is 34.8 Å². The van der Waals surface area contributed by atoms with Crippen LogP contribution in [0.3, 0.4) is 0 Å². The number of carbonyl (C=O) groups is 1. The monoisotopic (exact) mass is 338 g/mol. The second kappa shape index (κ2) is 8.17. The van der Waals surface area contributed by atoms with Crippen LogP contribution >= 0.6 is 0 Å². The zero-order chi connectivity index (χ0) is 17.6. The fourth-order valence-electron chi connectivity index (χ4n) is 3.49. The van der Waals surface area contributed by atoms with Gasteiger partial charge in [-0.3, -0.25) is 4.90 Å². The molecule has 0 amide bonds. The molecule has 0 aliphatic carbocycles. The Bertz CT molecular complexity index is 679. The van der Waals surface area contributed by atoms with E-state index in [0.717, 1.165) is 25.3 Å². The smallest absolute Gasteiger partial charge is 0.337 e. The molecule has 0 saturated carbocycles. The van der Waals surface area contributed by atoms with Gasteiger partial charge in [-0.15, -0.1) is 0 Å². The molecule has 1 atom stereocenters. The molecule has 1 heterocycles. The normalized spacial score (nSPS) is 15.8. The third-order valence-electron chi connectivity index (χ3n) is 4.94. The number of likely N-dealkylation sites (tertiary alicyclic amines) is 1. The average Bonchev–Trinajstić information content (AvgIpc) is 3.20. The Hall–Kier alpha value is -2.33. The van der Waals surface area contributed by atoms with Crippen molar-refractivity contribution in [3.63, 3.8) is 0 Å². The minimum atomic E-state index is -0.298. The molecule has 0 spiro atoms. The van der Waals surface area contributed by atoms with Crippen LogP contribution in [0.2, 0.25) is 0 Å². The summed E-state index contributed by atoms with van der Waals surface area (Å²) in [6.07, 6.45) is 2.56. The topological polar surface area (TPSA) is 32.8 Å². The van der Waals surface area contributed by atoms with E-state index in [9.17, 15) is 4.79 Å². The maximum absolute atomic E-state index is 11.6. The van der Waals surface area contributed by atoms with E-state index >= 15 is 0 Å². The summed E-state index contributed by atoms with van der Waals surface area (Å²) in [7, 11) is 3.52. The van der Waals surface area contributed by atoms with Crippen LogP contribution in [0.25, 0.3) is 0 Å². The quantitative estimate of drug-likeness (QED) is 0.751. The summed E-state index contributed by atoms with van der Waals surface area (Å²) in [5.41, 5.74) is 3.05. The Morgan fingerprint density at radius 2 is 1.72 bits per heavy atom. The van der Waals surface area contributed by atoms with Gasteiger partial charge in [0.25, 0.3) is 0 Å². The number of rotatable bonds is 6. The summed E-state index contributed by atoms with van der Waals surface area (Å²) < 4.78 is 4.77. The van der Waals surface area contributed by atoms with E-state index in [1.165, 1.54) is 25.5 Å². The van der Waals surface area contributed by atoms with Crippen molar-refractivity contribution in [2.75, 3.05) is 38.7 Å². The van der Waals surface area contributed by atoms with Crippen molar-refractivity contribution >= 4 is 11.7 Å². The maximum atomic E-state index is 11.6. The molecule has 4 heteroatoms. The van der Waals surface area contributed by atoms with Gasteiger partial charge in [-0.05, 0) is 55.8 Å². The number of ether oxygens (including phenoxy) is 1. The number of methoxy groups -OCH3 is 1. The highest BCUT2D eigenvalue weighted by Gasteiger charge is 2.24.